The maximum absolute atomic E-state index is 11.2. The first-order valence-corrected chi connectivity index (χ1v) is 10.3. The maximum Gasteiger partial charge on any atom is 0.328 e. The number of nitrogens with one attached hydrogen (secondary N) is 1. The number of rotatable bonds is 7. The van der Waals surface area contributed by atoms with Gasteiger partial charge in [0.05, 0.1) is 17.1 Å². The Morgan fingerprint density at radius 2 is 1.94 bits per heavy atom. The predicted octanol–water partition coefficient (Wildman–Crippen LogP) is 3.34. The number of amides is 1. The molecule has 0 unspecified atom stereocenters. The molecule has 0 bridgehead atoms. The molecule has 0 aliphatic carbocycles. The molecule has 0 saturated carbocycles. The highest BCUT2D eigenvalue weighted by molar-refractivity contribution is 7.98. The number of nitrogens with two attached hydrogens (primary N) is 1. The molecule has 0 radical (unpaired) electrons. The number of thioether (sulfide) groups is 1. The molecule has 160 valence electrons. The normalized spacial score (nSPS) is 10.6. The van der Waals surface area contributed by atoms with Crippen molar-refractivity contribution in [1.29, 1.82) is 5.26 Å². The van der Waals surface area contributed by atoms with Crippen molar-refractivity contribution in [2.45, 2.75) is 17.8 Å². The molecule has 2 aromatic heterocycles. The highest BCUT2D eigenvalue weighted by Crippen LogP contribution is 2.29. The number of hydrogen-bond acceptors (Lipinski definition) is 8. The van der Waals surface area contributed by atoms with Crippen LogP contribution in [-0.4, -0.2) is 31.9 Å². The van der Waals surface area contributed by atoms with Crippen LogP contribution in [0.2, 0.25) is 0 Å². The molecule has 0 fully saturated rings. The van der Waals surface area contributed by atoms with Gasteiger partial charge in [0.15, 0.2) is 5.16 Å². The van der Waals surface area contributed by atoms with Crippen LogP contribution in [-0.2, 0) is 15.3 Å². The molecule has 3 aromatic rings. The van der Waals surface area contributed by atoms with E-state index in [-0.39, 0.29) is 17.3 Å². The second kappa shape index (κ2) is 10.2. The van der Waals surface area contributed by atoms with Gasteiger partial charge in [0.1, 0.15) is 17.5 Å². The molecule has 0 saturated heterocycles. The summed E-state index contributed by atoms with van der Waals surface area (Å²) in [5.41, 5.74) is 9.07. The van der Waals surface area contributed by atoms with E-state index in [0.717, 1.165) is 6.08 Å². The van der Waals surface area contributed by atoms with Crippen LogP contribution in [0.25, 0.3) is 17.3 Å². The lowest BCUT2D eigenvalue weighted by molar-refractivity contribution is -0.131. The van der Waals surface area contributed by atoms with Gasteiger partial charge in [0.2, 0.25) is 5.91 Å². The minimum Gasteiger partial charge on any atom is -0.478 e. The van der Waals surface area contributed by atoms with E-state index >= 15 is 0 Å². The zero-order chi connectivity index (χ0) is 23.1. The van der Waals surface area contributed by atoms with Crippen LogP contribution >= 0.6 is 11.8 Å². The van der Waals surface area contributed by atoms with Crippen molar-refractivity contribution < 1.29 is 14.7 Å². The minimum absolute atomic E-state index is 0.0667. The third-order valence-corrected chi connectivity index (χ3v) is 4.96. The number of nitriles is 1. The van der Waals surface area contributed by atoms with Gasteiger partial charge in [0, 0.05) is 30.0 Å². The number of carboxylic acids is 1. The number of anilines is 2. The Bertz CT molecular complexity index is 1240. The summed E-state index contributed by atoms with van der Waals surface area (Å²) in [6.45, 7) is 1.42. The average Bonchev–Trinajstić information content (AvgIpc) is 2.76. The molecule has 1 amide bonds. The Balaban J connectivity index is 1.84. The lowest BCUT2D eigenvalue weighted by Gasteiger charge is -2.10. The van der Waals surface area contributed by atoms with Crippen molar-refractivity contribution in [3.05, 3.63) is 65.5 Å². The summed E-state index contributed by atoms with van der Waals surface area (Å²) >= 11 is 1.29. The van der Waals surface area contributed by atoms with Crippen molar-refractivity contribution in [2.75, 3.05) is 11.1 Å². The first kappa shape index (κ1) is 22.5. The highest BCUT2D eigenvalue weighted by Gasteiger charge is 2.15. The van der Waals surface area contributed by atoms with Crippen molar-refractivity contribution in [2.24, 2.45) is 0 Å². The number of carboxylic acid groups (broad SMARTS) is 1. The molecule has 2 heterocycles. The van der Waals surface area contributed by atoms with Crippen molar-refractivity contribution in [1.82, 2.24) is 15.0 Å². The summed E-state index contributed by atoms with van der Waals surface area (Å²) in [7, 11) is 0. The van der Waals surface area contributed by atoms with Gasteiger partial charge in [0.25, 0.3) is 0 Å². The van der Waals surface area contributed by atoms with Crippen LogP contribution in [0.15, 0.2) is 53.7 Å². The summed E-state index contributed by atoms with van der Waals surface area (Å²) < 4.78 is 0. The van der Waals surface area contributed by atoms with Crippen LogP contribution < -0.4 is 11.1 Å². The van der Waals surface area contributed by atoms with E-state index in [2.05, 4.69) is 20.3 Å². The first-order valence-electron chi connectivity index (χ1n) is 9.31. The molecule has 9 nitrogen and oxygen atoms in total. The maximum atomic E-state index is 11.2. The third-order valence-electron chi connectivity index (χ3n) is 4.08. The van der Waals surface area contributed by atoms with Crippen LogP contribution in [0.5, 0.6) is 0 Å². The number of nitrogen functional groups attached to an aromatic ring is 1. The topological polar surface area (TPSA) is 155 Å². The zero-order valence-electron chi connectivity index (χ0n) is 16.9. The summed E-state index contributed by atoms with van der Waals surface area (Å²) in [6.07, 6.45) is 2.43. The predicted molar refractivity (Wildman–Crippen MR) is 121 cm³/mol. The van der Waals surface area contributed by atoms with E-state index < -0.39 is 5.97 Å². The van der Waals surface area contributed by atoms with Crippen molar-refractivity contribution >= 4 is 41.2 Å². The Morgan fingerprint density at radius 3 is 2.59 bits per heavy atom. The fraction of sp³-hybridized carbons (Fsp3) is 0.0909. The monoisotopic (exact) mass is 446 g/mol. The van der Waals surface area contributed by atoms with Gasteiger partial charge in [-0.25, -0.2) is 14.8 Å². The molecule has 0 spiro atoms. The van der Waals surface area contributed by atoms with Crippen LogP contribution in [0, 0.1) is 11.3 Å². The molecule has 10 heteroatoms. The fourth-order valence-corrected chi connectivity index (χ4v) is 3.48. The van der Waals surface area contributed by atoms with E-state index in [4.69, 9.17) is 10.8 Å². The van der Waals surface area contributed by atoms with Gasteiger partial charge in [-0.1, -0.05) is 30.0 Å². The number of aromatic nitrogens is 3. The summed E-state index contributed by atoms with van der Waals surface area (Å²) in [5, 5.41) is 21.3. The Labute approximate surface area is 188 Å². The lowest BCUT2D eigenvalue weighted by atomic mass is 10.1. The van der Waals surface area contributed by atoms with E-state index in [1.807, 2.05) is 6.07 Å². The summed E-state index contributed by atoms with van der Waals surface area (Å²) in [5.74, 6) is -0.750. The van der Waals surface area contributed by atoms with Gasteiger partial charge >= 0.3 is 5.97 Å². The second-order valence-corrected chi connectivity index (χ2v) is 7.44. The third kappa shape index (κ3) is 5.90. The summed E-state index contributed by atoms with van der Waals surface area (Å²) in [4.78, 5) is 35.0. The molecule has 0 aliphatic heterocycles. The first-order chi connectivity index (χ1) is 15.4. The van der Waals surface area contributed by atoms with Crippen molar-refractivity contribution in [3.8, 4) is 17.3 Å². The van der Waals surface area contributed by atoms with Gasteiger partial charge in [-0.3, -0.25) is 9.78 Å². The molecular formula is C22H18N6O3S. The van der Waals surface area contributed by atoms with E-state index in [9.17, 15) is 14.9 Å². The standard InChI is InChI=1S/C22H18N6O3S/c1-13(29)25-16-7-5-14(6-8-16)20-18(11-23)21(24)28-22(27-20)32-12-17-4-2-3-15(26-17)9-10-19(30)31/h2-10H,12H2,1H3,(H,25,29)(H,30,31)(H2,24,27,28). The Kier molecular flexibility index (Phi) is 7.15. The second-order valence-electron chi connectivity index (χ2n) is 6.50. The van der Waals surface area contributed by atoms with E-state index in [0.29, 0.717) is 39.2 Å². The molecule has 4 N–H and O–H groups in total. The SMILES string of the molecule is CC(=O)Nc1ccc(-c2nc(SCc3cccc(C=CC(=O)O)n3)nc(N)c2C#N)cc1. The molecular weight excluding hydrogens is 428 g/mol. The van der Waals surface area contributed by atoms with Crippen LogP contribution in [0.4, 0.5) is 11.5 Å². The molecule has 0 atom stereocenters. The van der Waals surface area contributed by atoms with E-state index in [1.165, 1.54) is 24.8 Å². The number of hydrogen-bond donors (Lipinski definition) is 3. The minimum atomic E-state index is -1.05. The van der Waals surface area contributed by atoms with Gasteiger partial charge < -0.3 is 16.2 Å². The highest BCUT2D eigenvalue weighted by atomic mass is 32.2. The number of benzene rings is 1. The van der Waals surface area contributed by atoms with Crippen LogP contribution in [0.3, 0.4) is 0 Å². The van der Waals surface area contributed by atoms with Gasteiger partial charge in [-0.2, -0.15) is 5.26 Å². The molecule has 0 aliphatic rings. The van der Waals surface area contributed by atoms with Crippen molar-refractivity contribution in [3.63, 3.8) is 0 Å². The zero-order valence-corrected chi connectivity index (χ0v) is 17.8. The van der Waals surface area contributed by atoms with Gasteiger partial charge in [-0.15, -0.1) is 0 Å². The van der Waals surface area contributed by atoms with Gasteiger partial charge in [-0.05, 0) is 30.3 Å². The summed E-state index contributed by atoms with van der Waals surface area (Å²) in [6, 6.07) is 14.2. The smallest absolute Gasteiger partial charge is 0.328 e. The Morgan fingerprint density at radius 1 is 1.19 bits per heavy atom. The Hall–Kier alpha value is -4.23. The molecule has 3 rings (SSSR count). The van der Waals surface area contributed by atoms with Crippen LogP contribution in [0.1, 0.15) is 23.9 Å². The van der Waals surface area contributed by atoms with E-state index in [1.54, 1.807) is 42.5 Å². The molecule has 32 heavy (non-hydrogen) atoms. The quantitative estimate of drug-likeness (QED) is 0.281. The molecule has 1 aromatic carbocycles. The lowest BCUT2D eigenvalue weighted by Crippen LogP contribution is -2.05. The number of nitrogens with zero attached hydrogens (tertiary/aromatic N) is 4. The average molecular weight is 446 g/mol. The number of carbonyl (C=O) groups is 2. The number of carbonyl (C=O) groups excluding carboxylic acids is 1. The number of pyridine rings is 1. The fourth-order valence-electron chi connectivity index (χ4n) is 2.72. The largest absolute Gasteiger partial charge is 0.478 e. The number of aliphatic carboxylic acids is 1.